The highest BCUT2D eigenvalue weighted by Gasteiger charge is 2.28. The van der Waals surface area contributed by atoms with Gasteiger partial charge in [-0.15, -0.1) is 0 Å². The molecular formula is C55H112N4O8. The van der Waals surface area contributed by atoms with Gasteiger partial charge in [-0.1, -0.05) is 194 Å². The molecule has 0 spiro atoms. The van der Waals surface area contributed by atoms with Gasteiger partial charge in [0.15, 0.2) is 0 Å². The maximum atomic E-state index is 12.5. The van der Waals surface area contributed by atoms with E-state index in [0.29, 0.717) is 26.2 Å². The smallest absolute Gasteiger partial charge is 0.227 e. The van der Waals surface area contributed by atoms with Gasteiger partial charge in [0.2, 0.25) is 23.6 Å². The largest absolute Gasteiger partial charge is 0.391 e. The van der Waals surface area contributed by atoms with Crippen LogP contribution in [0, 0.1) is 21.7 Å². The number of likely N-dealkylation sites (N-methyl/N-ethyl adjacent to an activating group) is 1. The van der Waals surface area contributed by atoms with Gasteiger partial charge in [0.25, 0.3) is 0 Å². The van der Waals surface area contributed by atoms with Crippen molar-refractivity contribution < 1.29 is 38.9 Å². The zero-order chi connectivity index (χ0) is 52.7. The van der Waals surface area contributed by atoms with Crippen LogP contribution in [0.3, 0.4) is 0 Å². The second-order valence-corrected chi connectivity index (χ2v) is 22.6. The average Bonchev–Trinajstić information content (AvgIpc) is 3.22. The van der Waals surface area contributed by atoms with E-state index in [4.69, 9.17) is 9.84 Å². The summed E-state index contributed by atoms with van der Waals surface area (Å²) in [4.78, 5) is 63.7. The Hall–Kier alpha value is -2.57. The molecule has 0 aromatic rings. The molecule has 0 heterocycles. The molecule has 0 aliphatic carbocycles. The van der Waals surface area contributed by atoms with Crippen molar-refractivity contribution in [3.63, 3.8) is 0 Å². The molecule has 0 bridgehead atoms. The first-order valence-electron chi connectivity index (χ1n) is 26.4. The summed E-state index contributed by atoms with van der Waals surface area (Å²) < 4.78 is 4.94. The van der Waals surface area contributed by atoms with E-state index in [2.05, 4.69) is 26.1 Å². The van der Waals surface area contributed by atoms with Crippen LogP contribution in [-0.2, 0) is 28.7 Å². The molecule has 0 aliphatic heterocycles. The van der Waals surface area contributed by atoms with E-state index in [0.717, 1.165) is 58.2 Å². The van der Waals surface area contributed by atoms with Crippen LogP contribution >= 0.6 is 0 Å². The number of ketones is 1. The van der Waals surface area contributed by atoms with Gasteiger partial charge >= 0.3 is 0 Å². The van der Waals surface area contributed by atoms with Crippen molar-refractivity contribution in [1.29, 1.82) is 0 Å². The Kier molecular flexibility index (Phi) is 43.7. The highest BCUT2D eigenvalue weighted by Crippen LogP contribution is 2.21. The zero-order valence-corrected chi connectivity index (χ0v) is 47.4. The van der Waals surface area contributed by atoms with Crippen LogP contribution in [0.1, 0.15) is 240 Å². The first-order chi connectivity index (χ1) is 30.9. The van der Waals surface area contributed by atoms with Crippen LogP contribution in [0.15, 0.2) is 0 Å². The van der Waals surface area contributed by atoms with E-state index >= 15 is 0 Å². The van der Waals surface area contributed by atoms with E-state index in [1.54, 1.807) is 18.9 Å². The normalized spacial score (nSPS) is 12.0. The summed E-state index contributed by atoms with van der Waals surface area (Å²) in [7, 11) is 1.77. The van der Waals surface area contributed by atoms with Crippen LogP contribution in [0.25, 0.3) is 0 Å². The molecule has 1 unspecified atom stereocenters. The molecule has 4 amide bonds. The molecule has 67 heavy (non-hydrogen) atoms. The fourth-order valence-corrected chi connectivity index (χ4v) is 6.57. The van der Waals surface area contributed by atoms with Gasteiger partial charge in [0.05, 0.1) is 12.7 Å². The highest BCUT2D eigenvalue weighted by atomic mass is 16.6. The first-order valence-corrected chi connectivity index (χ1v) is 26.4. The van der Waals surface area contributed by atoms with E-state index < -0.39 is 0 Å². The van der Waals surface area contributed by atoms with E-state index in [-0.39, 0.29) is 64.0 Å². The number of unbranched alkanes of at least 4 members (excludes halogenated alkanes) is 13. The SMILES string of the molecule is CC(=O)C(C)(C)C.CCCCCCC(O)CN(C)C(=O)C(C)(C)C.CCCCCCCCN(CCCNC(C)=O)C(=O)C(C)(C)C.CCCCCCCCN(CCCOCO)C(=O)C(C)(C)C. The lowest BCUT2D eigenvalue weighted by atomic mass is 9.92. The number of carbonyl (C=O) groups excluding carboxylic acids is 5. The highest BCUT2D eigenvalue weighted by molar-refractivity contribution is 5.82. The monoisotopic (exact) mass is 957 g/mol. The van der Waals surface area contributed by atoms with Gasteiger partial charge < -0.3 is 35.0 Å². The number of nitrogens with zero attached hydrogens (tertiary/aromatic N) is 3. The van der Waals surface area contributed by atoms with Crippen molar-refractivity contribution in [1.82, 2.24) is 20.0 Å². The summed E-state index contributed by atoms with van der Waals surface area (Å²) in [6.45, 7) is 37.4. The Labute approximate surface area is 414 Å². The topological polar surface area (TPSA) is 157 Å². The van der Waals surface area contributed by atoms with Gasteiger partial charge in [-0.3, -0.25) is 24.0 Å². The summed E-state index contributed by atoms with van der Waals surface area (Å²) in [6.07, 6.45) is 21.5. The molecule has 1 atom stereocenters. The molecule has 400 valence electrons. The van der Waals surface area contributed by atoms with Crippen LogP contribution in [0.2, 0.25) is 0 Å². The summed E-state index contributed by atoms with van der Waals surface area (Å²) in [5.74, 6) is 0.742. The van der Waals surface area contributed by atoms with Crippen molar-refractivity contribution in [3.8, 4) is 0 Å². The fraction of sp³-hybridized carbons (Fsp3) is 0.909. The molecule has 3 N–H and O–H groups in total. The Balaban J connectivity index is -0.000000416. The Morgan fingerprint density at radius 1 is 0.507 bits per heavy atom. The molecule has 0 saturated carbocycles. The molecule has 0 aromatic carbocycles. The fourth-order valence-electron chi connectivity index (χ4n) is 6.57. The van der Waals surface area contributed by atoms with Crippen molar-refractivity contribution in [2.75, 3.05) is 59.7 Å². The van der Waals surface area contributed by atoms with E-state index in [1.807, 2.05) is 92.9 Å². The molecule has 12 nitrogen and oxygen atoms in total. The zero-order valence-electron chi connectivity index (χ0n) is 47.4. The lowest BCUT2D eigenvalue weighted by Gasteiger charge is -2.29. The molecule has 0 aliphatic rings. The number of nitrogens with one attached hydrogen (secondary N) is 1. The van der Waals surface area contributed by atoms with Gasteiger partial charge in [-0.05, 0) is 39.0 Å². The number of ether oxygens (including phenoxy) is 1. The third-order valence-electron chi connectivity index (χ3n) is 11.1. The number of Topliss-reactive ketones (excluding diaryl/α,β-unsaturated/α-hetero) is 1. The molecule has 0 radical (unpaired) electrons. The van der Waals surface area contributed by atoms with Crippen LogP contribution in [0.5, 0.6) is 0 Å². The number of carbonyl (C=O) groups is 5. The van der Waals surface area contributed by atoms with Crippen molar-refractivity contribution >= 4 is 29.4 Å². The van der Waals surface area contributed by atoms with Gasteiger partial charge in [-0.25, -0.2) is 0 Å². The first kappa shape index (κ1) is 71.0. The Morgan fingerprint density at radius 3 is 1.19 bits per heavy atom. The maximum Gasteiger partial charge on any atom is 0.227 e. The van der Waals surface area contributed by atoms with Gasteiger partial charge in [-0.2, -0.15) is 0 Å². The van der Waals surface area contributed by atoms with E-state index in [1.165, 1.54) is 90.4 Å². The second kappa shape index (κ2) is 41.2. The van der Waals surface area contributed by atoms with Crippen LogP contribution in [-0.4, -0.2) is 120 Å². The predicted octanol–water partition coefficient (Wildman–Crippen LogP) is 11.8. The summed E-state index contributed by atoms with van der Waals surface area (Å²) in [5, 5.41) is 21.2. The standard InChI is InChI=1S/C18H36N2O2.C17H35NO3.C14H29NO2.C6H12O/c1-6-7-8-9-10-11-14-20(17(22)18(3,4)5)15-12-13-19-16(2)21;1-5-6-7-8-9-10-12-18(13-11-14-21-15-19)16(20)17(2,3)4;1-6-7-8-9-10-12(16)11-15(5)13(17)14(2,3)4;1-5(7)6(2,3)4/h6-15H2,1-5H3,(H,19,21);19H,5-15H2,1-4H3;12,16H,6-11H2,1-5H3;1-4H3. The second-order valence-electron chi connectivity index (χ2n) is 22.6. The minimum Gasteiger partial charge on any atom is -0.391 e. The lowest BCUT2D eigenvalue weighted by molar-refractivity contribution is -0.140. The quantitative estimate of drug-likeness (QED) is 0.0474. The Morgan fingerprint density at radius 2 is 0.851 bits per heavy atom. The number of amides is 4. The molecule has 0 fully saturated rings. The molecular weight excluding hydrogens is 845 g/mol. The van der Waals surface area contributed by atoms with Crippen LogP contribution < -0.4 is 5.32 Å². The molecule has 0 aromatic heterocycles. The lowest BCUT2D eigenvalue weighted by Crippen LogP contribution is -2.41. The number of hydrogen-bond donors (Lipinski definition) is 3. The number of hydrogen-bond acceptors (Lipinski definition) is 8. The van der Waals surface area contributed by atoms with Crippen molar-refractivity contribution in [2.24, 2.45) is 21.7 Å². The number of rotatable bonds is 30. The molecule has 12 heteroatoms. The van der Waals surface area contributed by atoms with Gasteiger partial charge in [0.1, 0.15) is 12.6 Å². The molecule has 0 rings (SSSR count). The predicted molar refractivity (Wildman–Crippen MR) is 282 cm³/mol. The minimum atomic E-state index is -0.386. The third kappa shape index (κ3) is 45.6. The third-order valence-corrected chi connectivity index (χ3v) is 11.1. The van der Waals surface area contributed by atoms with Crippen LogP contribution in [0.4, 0.5) is 0 Å². The van der Waals surface area contributed by atoms with Crippen molar-refractivity contribution in [3.05, 3.63) is 0 Å². The molecule has 0 saturated heterocycles. The summed E-state index contributed by atoms with van der Waals surface area (Å²) >= 11 is 0. The van der Waals surface area contributed by atoms with Crippen molar-refractivity contribution in [2.45, 2.75) is 246 Å². The maximum absolute atomic E-state index is 12.5. The summed E-state index contributed by atoms with van der Waals surface area (Å²) in [5.41, 5.74) is -1.17. The van der Waals surface area contributed by atoms with Gasteiger partial charge in [0, 0.05) is 74.9 Å². The minimum absolute atomic E-state index is 0.00961. The number of aliphatic hydroxyl groups excluding tert-OH is 2. The van der Waals surface area contributed by atoms with E-state index in [9.17, 15) is 29.1 Å². The number of aliphatic hydroxyl groups is 2. The summed E-state index contributed by atoms with van der Waals surface area (Å²) in [6, 6.07) is 0. The average molecular weight is 958 g/mol. The Bertz CT molecular complexity index is 1250.